The Labute approximate surface area is 197 Å². The minimum atomic E-state index is 0.103. The second-order valence-corrected chi connectivity index (χ2v) is 10.1. The van der Waals surface area contributed by atoms with E-state index in [1.165, 1.54) is 45.1 Å². The van der Waals surface area contributed by atoms with Gasteiger partial charge in [-0.2, -0.15) is 0 Å². The number of likely N-dealkylation sites (tertiary alicyclic amines) is 1. The molecule has 0 aromatic carbocycles. The molecule has 3 aliphatic heterocycles. The summed E-state index contributed by atoms with van der Waals surface area (Å²) < 4.78 is 2.29. The summed E-state index contributed by atoms with van der Waals surface area (Å²) in [7, 11) is 0. The van der Waals surface area contributed by atoms with Crippen LogP contribution in [-0.4, -0.2) is 69.1 Å². The number of aryl methyl sites for hydroxylation is 2. The Bertz CT molecular complexity index is 950. The van der Waals surface area contributed by atoms with Gasteiger partial charge in [0.05, 0.1) is 0 Å². The summed E-state index contributed by atoms with van der Waals surface area (Å²) in [5.74, 6) is 2.42. The van der Waals surface area contributed by atoms with E-state index in [0.717, 1.165) is 81.2 Å². The fourth-order valence-electron chi connectivity index (χ4n) is 5.84. The summed E-state index contributed by atoms with van der Waals surface area (Å²) in [5, 5.41) is 3.20. The zero-order chi connectivity index (χ0) is 22.6. The van der Waals surface area contributed by atoms with Gasteiger partial charge in [0, 0.05) is 51.1 Å². The van der Waals surface area contributed by atoms with E-state index in [2.05, 4.69) is 36.6 Å². The molecule has 5 rings (SSSR count). The molecule has 0 spiro atoms. The van der Waals surface area contributed by atoms with Crippen molar-refractivity contribution in [2.45, 2.75) is 83.7 Å². The van der Waals surface area contributed by atoms with Gasteiger partial charge in [0.25, 0.3) is 0 Å². The Kier molecular flexibility index (Phi) is 7.09. The quantitative estimate of drug-likeness (QED) is 0.677. The number of rotatable bonds is 6. The summed E-state index contributed by atoms with van der Waals surface area (Å²) >= 11 is 0. The van der Waals surface area contributed by atoms with Crippen molar-refractivity contribution in [3.05, 3.63) is 12.2 Å². The molecule has 8 nitrogen and oxygen atoms in total. The molecule has 2 fully saturated rings. The van der Waals surface area contributed by atoms with Gasteiger partial charge in [-0.3, -0.25) is 4.79 Å². The van der Waals surface area contributed by atoms with Crippen LogP contribution in [0.4, 0.5) is 5.82 Å². The fourth-order valence-corrected chi connectivity index (χ4v) is 5.84. The lowest BCUT2D eigenvalue weighted by molar-refractivity contribution is -0.125. The second kappa shape index (κ2) is 10.4. The van der Waals surface area contributed by atoms with Crippen molar-refractivity contribution in [1.29, 1.82) is 0 Å². The zero-order valence-electron chi connectivity index (χ0n) is 20.1. The molecule has 33 heavy (non-hydrogen) atoms. The maximum absolute atomic E-state index is 12.7. The van der Waals surface area contributed by atoms with Crippen molar-refractivity contribution in [3.63, 3.8) is 0 Å². The van der Waals surface area contributed by atoms with Gasteiger partial charge in [0.1, 0.15) is 12.2 Å². The summed E-state index contributed by atoms with van der Waals surface area (Å²) in [6.07, 6.45) is 13.1. The Balaban J connectivity index is 1.13. The number of carbonyl (C=O) groups is 1. The van der Waals surface area contributed by atoms with Crippen LogP contribution in [0.15, 0.2) is 6.33 Å². The SMILES string of the molecule is C[C@@H]1CCCCN1CCCNC(=O)C1CCN(c2ncnc3c2nc2n3CCCCC2)CC1. The van der Waals surface area contributed by atoms with Gasteiger partial charge >= 0.3 is 0 Å². The maximum Gasteiger partial charge on any atom is 0.223 e. The monoisotopic (exact) mass is 453 g/mol. The van der Waals surface area contributed by atoms with Crippen molar-refractivity contribution in [2.75, 3.05) is 37.6 Å². The minimum Gasteiger partial charge on any atom is -0.356 e. The smallest absolute Gasteiger partial charge is 0.223 e. The number of anilines is 1. The molecule has 2 saturated heterocycles. The number of carbonyl (C=O) groups excluding carboxylic acids is 1. The number of piperidine rings is 2. The van der Waals surface area contributed by atoms with Crippen LogP contribution in [-0.2, 0) is 17.8 Å². The standard InChI is InChI=1S/C25H39N7O/c1-19-8-4-6-13-30(19)14-7-12-26-25(33)20-10-16-31(17-11-20)23-22-24(28-18-27-23)32-15-5-2-3-9-21(32)29-22/h18-20H,2-17H2,1H3,(H,26,33)/t19-/m1/s1. The summed E-state index contributed by atoms with van der Waals surface area (Å²) in [4.78, 5) is 31.8. The Morgan fingerprint density at radius 1 is 1.03 bits per heavy atom. The van der Waals surface area contributed by atoms with E-state index in [-0.39, 0.29) is 11.8 Å². The first-order valence-electron chi connectivity index (χ1n) is 13.2. The van der Waals surface area contributed by atoms with E-state index in [4.69, 9.17) is 4.98 Å². The first-order valence-corrected chi connectivity index (χ1v) is 13.2. The van der Waals surface area contributed by atoms with Gasteiger partial charge in [-0.15, -0.1) is 0 Å². The maximum atomic E-state index is 12.7. The Morgan fingerprint density at radius 3 is 2.73 bits per heavy atom. The first kappa shape index (κ1) is 22.6. The lowest BCUT2D eigenvalue weighted by Crippen LogP contribution is -2.42. The lowest BCUT2D eigenvalue weighted by Gasteiger charge is -2.33. The van der Waals surface area contributed by atoms with Crippen LogP contribution < -0.4 is 10.2 Å². The molecule has 5 heterocycles. The first-order chi connectivity index (χ1) is 16.2. The van der Waals surface area contributed by atoms with Crippen LogP contribution in [0.5, 0.6) is 0 Å². The van der Waals surface area contributed by atoms with Gasteiger partial charge in [-0.05, 0) is 58.4 Å². The molecule has 1 N–H and O–H groups in total. The van der Waals surface area contributed by atoms with Crippen LogP contribution in [0.2, 0.25) is 0 Å². The number of imidazole rings is 1. The van der Waals surface area contributed by atoms with E-state index >= 15 is 0 Å². The number of fused-ring (bicyclic) bond motifs is 3. The average molecular weight is 454 g/mol. The predicted octanol–water partition coefficient (Wildman–Crippen LogP) is 3.15. The molecule has 2 aromatic rings. The van der Waals surface area contributed by atoms with Crippen LogP contribution >= 0.6 is 0 Å². The van der Waals surface area contributed by atoms with Crippen LogP contribution in [0.3, 0.4) is 0 Å². The van der Waals surface area contributed by atoms with Crippen LogP contribution in [0, 0.1) is 5.92 Å². The predicted molar refractivity (Wildman–Crippen MR) is 130 cm³/mol. The molecule has 8 heteroatoms. The number of amides is 1. The largest absolute Gasteiger partial charge is 0.356 e. The van der Waals surface area contributed by atoms with Gasteiger partial charge in [-0.1, -0.05) is 12.8 Å². The normalized spacial score (nSPS) is 22.8. The highest BCUT2D eigenvalue weighted by Crippen LogP contribution is 2.29. The van der Waals surface area contributed by atoms with E-state index in [1.807, 2.05) is 0 Å². The number of nitrogens with zero attached hydrogens (tertiary/aromatic N) is 6. The number of nitrogens with one attached hydrogen (secondary N) is 1. The molecule has 0 unspecified atom stereocenters. The summed E-state index contributed by atoms with van der Waals surface area (Å²) in [6, 6.07) is 0.692. The van der Waals surface area contributed by atoms with Crippen molar-refractivity contribution in [2.24, 2.45) is 5.92 Å². The minimum absolute atomic E-state index is 0.103. The molecule has 0 bridgehead atoms. The summed E-state index contributed by atoms with van der Waals surface area (Å²) in [5.41, 5.74) is 1.91. The van der Waals surface area contributed by atoms with Gasteiger partial charge in [0.2, 0.25) is 5.91 Å². The Morgan fingerprint density at radius 2 is 1.88 bits per heavy atom. The topological polar surface area (TPSA) is 79.2 Å². The molecular formula is C25H39N7O. The molecule has 0 aliphatic carbocycles. The number of hydrogen-bond acceptors (Lipinski definition) is 6. The molecule has 3 aliphatic rings. The van der Waals surface area contributed by atoms with E-state index in [0.29, 0.717) is 6.04 Å². The fraction of sp³-hybridized carbons (Fsp3) is 0.760. The third-order valence-electron chi connectivity index (χ3n) is 7.90. The van der Waals surface area contributed by atoms with Crippen LogP contribution in [0.25, 0.3) is 11.2 Å². The summed E-state index contributed by atoms with van der Waals surface area (Å²) in [6.45, 7) is 8.12. The third-order valence-corrected chi connectivity index (χ3v) is 7.90. The van der Waals surface area contributed by atoms with Gasteiger partial charge in [0.15, 0.2) is 17.0 Å². The molecule has 0 radical (unpaired) electrons. The lowest BCUT2D eigenvalue weighted by atomic mass is 9.96. The van der Waals surface area contributed by atoms with E-state index in [1.54, 1.807) is 6.33 Å². The molecule has 1 amide bonds. The van der Waals surface area contributed by atoms with Crippen molar-refractivity contribution >= 4 is 22.9 Å². The van der Waals surface area contributed by atoms with Crippen molar-refractivity contribution in [1.82, 2.24) is 29.7 Å². The second-order valence-electron chi connectivity index (χ2n) is 10.1. The molecule has 180 valence electrons. The number of hydrogen-bond donors (Lipinski definition) is 1. The zero-order valence-corrected chi connectivity index (χ0v) is 20.1. The van der Waals surface area contributed by atoms with Crippen LogP contribution in [0.1, 0.15) is 70.5 Å². The van der Waals surface area contributed by atoms with Gasteiger partial charge < -0.3 is 19.7 Å². The molecular weight excluding hydrogens is 414 g/mol. The highest BCUT2D eigenvalue weighted by molar-refractivity contribution is 5.84. The molecule has 1 atom stereocenters. The molecule has 0 saturated carbocycles. The van der Waals surface area contributed by atoms with E-state index in [9.17, 15) is 4.79 Å². The van der Waals surface area contributed by atoms with E-state index < -0.39 is 0 Å². The average Bonchev–Trinajstić information content (AvgIpc) is 3.03. The third kappa shape index (κ3) is 5.00. The highest BCUT2D eigenvalue weighted by atomic mass is 16.1. The van der Waals surface area contributed by atoms with Gasteiger partial charge in [-0.25, -0.2) is 15.0 Å². The van der Waals surface area contributed by atoms with Crippen molar-refractivity contribution in [3.8, 4) is 0 Å². The number of aromatic nitrogens is 4. The highest BCUT2D eigenvalue weighted by Gasteiger charge is 2.28. The Hall–Kier alpha value is -2.22. The molecule has 2 aromatic heterocycles. The van der Waals surface area contributed by atoms with Crippen molar-refractivity contribution < 1.29 is 4.79 Å².